The van der Waals surface area contributed by atoms with Gasteiger partial charge in [-0.1, -0.05) is 29.0 Å². The van der Waals surface area contributed by atoms with Crippen LogP contribution in [0, 0.1) is 12.7 Å². The summed E-state index contributed by atoms with van der Waals surface area (Å²) < 4.78 is 16.2. The van der Waals surface area contributed by atoms with Gasteiger partial charge in [0.2, 0.25) is 11.0 Å². The van der Waals surface area contributed by atoms with Crippen LogP contribution in [-0.2, 0) is 4.79 Å². The Bertz CT molecular complexity index is 1170. The van der Waals surface area contributed by atoms with Crippen LogP contribution in [0.25, 0.3) is 15.3 Å². The molecule has 0 saturated carbocycles. The number of amides is 1. The molecule has 4 aromatic rings. The maximum Gasteiger partial charge on any atom is 0.226 e. The lowest BCUT2D eigenvalue weighted by atomic mass is 10.3. The molecule has 0 saturated heterocycles. The van der Waals surface area contributed by atoms with E-state index in [0.29, 0.717) is 33.7 Å². The lowest BCUT2D eigenvalue weighted by Gasteiger charge is -2.06. The quantitative estimate of drug-likeness (QED) is 0.386. The SMILES string of the molecule is Cc1cc(NC(=O)CCSc2ccc(Cl)cc2)n(-c2nc3c(F)cccc3s2)n1. The average molecular weight is 447 g/mol. The molecule has 148 valence electrons. The van der Waals surface area contributed by atoms with Gasteiger partial charge in [-0.2, -0.15) is 9.78 Å². The van der Waals surface area contributed by atoms with E-state index >= 15 is 0 Å². The molecular weight excluding hydrogens is 431 g/mol. The van der Waals surface area contributed by atoms with Crippen molar-refractivity contribution in [3.63, 3.8) is 0 Å². The summed E-state index contributed by atoms with van der Waals surface area (Å²) >= 11 is 8.78. The fourth-order valence-electron chi connectivity index (χ4n) is 2.73. The Morgan fingerprint density at radius 3 is 2.83 bits per heavy atom. The van der Waals surface area contributed by atoms with Gasteiger partial charge >= 0.3 is 0 Å². The molecule has 9 heteroatoms. The first kappa shape index (κ1) is 19.9. The van der Waals surface area contributed by atoms with E-state index < -0.39 is 0 Å². The topological polar surface area (TPSA) is 59.8 Å². The third kappa shape index (κ3) is 4.60. The summed E-state index contributed by atoms with van der Waals surface area (Å²) in [6.07, 6.45) is 0.339. The van der Waals surface area contributed by atoms with Gasteiger partial charge in [-0.05, 0) is 43.3 Å². The molecule has 2 aromatic carbocycles. The number of thioether (sulfide) groups is 1. The van der Waals surface area contributed by atoms with Crippen molar-refractivity contribution >= 4 is 56.6 Å². The molecule has 1 N–H and O–H groups in total. The average Bonchev–Trinajstić information content (AvgIpc) is 3.27. The summed E-state index contributed by atoms with van der Waals surface area (Å²) in [5.41, 5.74) is 1.04. The molecule has 0 fully saturated rings. The van der Waals surface area contributed by atoms with Crippen LogP contribution < -0.4 is 5.32 Å². The second kappa shape index (κ2) is 8.52. The lowest BCUT2D eigenvalue weighted by molar-refractivity contribution is -0.115. The number of hydrogen-bond donors (Lipinski definition) is 1. The Hall–Kier alpha value is -2.42. The molecule has 0 aliphatic rings. The molecule has 4 rings (SSSR count). The number of aromatic nitrogens is 3. The monoisotopic (exact) mass is 446 g/mol. The minimum Gasteiger partial charge on any atom is -0.310 e. The highest BCUT2D eigenvalue weighted by molar-refractivity contribution is 7.99. The van der Waals surface area contributed by atoms with Crippen molar-refractivity contribution in [3.8, 4) is 5.13 Å². The van der Waals surface area contributed by atoms with Crippen molar-refractivity contribution in [2.45, 2.75) is 18.2 Å². The molecule has 0 spiro atoms. The molecule has 0 atom stereocenters. The third-order valence-corrected chi connectivity index (χ3v) is 6.31. The Morgan fingerprint density at radius 2 is 2.07 bits per heavy atom. The Morgan fingerprint density at radius 1 is 1.28 bits per heavy atom. The molecule has 1 amide bonds. The smallest absolute Gasteiger partial charge is 0.226 e. The van der Waals surface area contributed by atoms with E-state index in [1.165, 1.54) is 17.4 Å². The van der Waals surface area contributed by atoms with Gasteiger partial charge in [0.25, 0.3) is 0 Å². The van der Waals surface area contributed by atoms with Crippen molar-refractivity contribution in [3.05, 3.63) is 65.1 Å². The fraction of sp³-hybridized carbons (Fsp3) is 0.150. The molecule has 29 heavy (non-hydrogen) atoms. The highest BCUT2D eigenvalue weighted by atomic mass is 35.5. The van der Waals surface area contributed by atoms with Crippen LogP contribution in [0.2, 0.25) is 5.02 Å². The summed E-state index contributed by atoms with van der Waals surface area (Å²) in [4.78, 5) is 17.8. The zero-order chi connectivity index (χ0) is 20.4. The van der Waals surface area contributed by atoms with Crippen molar-refractivity contribution in [2.75, 3.05) is 11.1 Å². The number of anilines is 1. The molecule has 0 bridgehead atoms. The van der Waals surface area contributed by atoms with E-state index in [0.717, 1.165) is 15.3 Å². The molecule has 0 radical (unpaired) electrons. The maximum atomic E-state index is 14.0. The van der Waals surface area contributed by atoms with Gasteiger partial charge in [-0.15, -0.1) is 11.8 Å². The summed E-state index contributed by atoms with van der Waals surface area (Å²) in [7, 11) is 0. The summed E-state index contributed by atoms with van der Waals surface area (Å²) in [5, 5.41) is 8.48. The number of para-hydroxylation sites is 1. The number of thiazole rings is 1. The first-order valence-corrected chi connectivity index (χ1v) is 11.0. The number of nitrogens with one attached hydrogen (secondary N) is 1. The van der Waals surface area contributed by atoms with Gasteiger partial charge in [0.1, 0.15) is 17.2 Å². The minimum absolute atomic E-state index is 0.125. The number of rotatable bonds is 6. The molecule has 0 aliphatic heterocycles. The van der Waals surface area contributed by atoms with E-state index in [-0.39, 0.29) is 11.7 Å². The van der Waals surface area contributed by atoms with E-state index in [1.807, 2.05) is 37.3 Å². The van der Waals surface area contributed by atoms with Gasteiger partial charge in [0.05, 0.1) is 10.4 Å². The van der Waals surface area contributed by atoms with Crippen LogP contribution in [0.4, 0.5) is 10.2 Å². The Kier molecular flexibility index (Phi) is 5.84. The van der Waals surface area contributed by atoms with E-state index in [1.54, 1.807) is 28.6 Å². The summed E-state index contributed by atoms with van der Waals surface area (Å²) in [6.45, 7) is 1.83. The van der Waals surface area contributed by atoms with Crippen molar-refractivity contribution in [2.24, 2.45) is 0 Å². The number of aryl methyl sites for hydroxylation is 1. The van der Waals surface area contributed by atoms with Gasteiger partial charge in [-0.3, -0.25) is 4.79 Å². The van der Waals surface area contributed by atoms with Gasteiger partial charge in [0, 0.05) is 28.2 Å². The largest absolute Gasteiger partial charge is 0.310 e. The first-order valence-electron chi connectivity index (χ1n) is 8.80. The van der Waals surface area contributed by atoms with Crippen LogP contribution >= 0.6 is 34.7 Å². The van der Waals surface area contributed by atoms with E-state index in [4.69, 9.17) is 11.6 Å². The predicted molar refractivity (Wildman–Crippen MR) is 117 cm³/mol. The summed E-state index contributed by atoms with van der Waals surface area (Å²) in [5.74, 6) is 0.648. The number of hydrogen-bond acceptors (Lipinski definition) is 5. The predicted octanol–water partition coefficient (Wildman–Crippen LogP) is 5.70. The second-order valence-electron chi connectivity index (χ2n) is 6.27. The van der Waals surface area contributed by atoms with Crippen molar-refractivity contribution in [1.82, 2.24) is 14.8 Å². The molecule has 2 heterocycles. The van der Waals surface area contributed by atoms with Crippen LogP contribution in [-0.4, -0.2) is 26.4 Å². The van der Waals surface area contributed by atoms with Gasteiger partial charge in [0.15, 0.2) is 0 Å². The van der Waals surface area contributed by atoms with Crippen molar-refractivity contribution < 1.29 is 9.18 Å². The standard InChI is InChI=1S/C20H16ClFN4OS2/c1-12-11-17(23-18(27)9-10-28-14-7-5-13(21)6-8-14)26(25-12)20-24-19-15(22)3-2-4-16(19)29-20/h2-8,11H,9-10H2,1H3,(H,23,27). The second-order valence-corrected chi connectivity index (χ2v) is 8.88. The maximum absolute atomic E-state index is 14.0. The van der Waals surface area contributed by atoms with E-state index in [2.05, 4.69) is 15.4 Å². The molecular formula is C20H16ClFN4OS2. The number of fused-ring (bicyclic) bond motifs is 1. The third-order valence-electron chi connectivity index (χ3n) is 4.05. The minimum atomic E-state index is -0.376. The van der Waals surface area contributed by atoms with Crippen LogP contribution in [0.1, 0.15) is 12.1 Å². The lowest BCUT2D eigenvalue weighted by Crippen LogP contribution is -2.15. The number of carbonyl (C=O) groups is 1. The highest BCUT2D eigenvalue weighted by Crippen LogP contribution is 2.29. The van der Waals surface area contributed by atoms with Crippen molar-refractivity contribution in [1.29, 1.82) is 0 Å². The van der Waals surface area contributed by atoms with E-state index in [9.17, 15) is 9.18 Å². The normalized spacial score (nSPS) is 11.1. The number of benzene rings is 2. The highest BCUT2D eigenvalue weighted by Gasteiger charge is 2.16. The molecule has 5 nitrogen and oxygen atoms in total. The molecule has 0 unspecified atom stereocenters. The molecule has 0 aliphatic carbocycles. The van der Waals surface area contributed by atoms with Gasteiger partial charge < -0.3 is 5.32 Å². The van der Waals surface area contributed by atoms with Crippen LogP contribution in [0.5, 0.6) is 0 Å². The molecule has 2 aromatic heterocycles. The fourth-order valence-corrected chi connectivity index (χ4v) is 4.65. The summed E-state index contributed by atoms with van der Waals surface area (Å²) in [6, 6.07) is 14.1. The van der Waals surface area contributed by atoms with Crippen LogP contribution in [0.15, 0.2) is 53.4 Å². The zero-order valence-electron chi connectivity index (χ0n) is 15.4. The number of nitrogens with zero attached hydrogens (tertiary/aromatic N) is 3. The number of halogens is 2. The zero-order valence-corrected chi connectivity index (χ0v) is 17.7. The first-order chi connectivity index (χ1) is 14.0. The van der Waals surface area contributed by atoms with Crippen LogP contribution in [0.3, 0.4) is 0 Å². The Labute approximate surface area is 179 Å². The Balaban J connectivity index is 1.45. The van der Waals surface area contributed by atoms with Gasteiger partial charge in [-0.25, -0.2) is 9.37 Å². The number of carbonyl (C=O) groups excluding carboxylic acids is 1.